The summed E-state index contributed by atoms with van der Waals surface area (Å²) in [5, 5.41) is 6.75. The zero-order valence-electron chi connectivity index (χ0n) is 11.5. The predicted octanol–water partition coefficient (Wildman–Crippen LogP) is 1.60. The van der Waals surface area contributed by atoms with Crippen molar-refractivity contribution in [2.45, 2.75) is 33.3 Å². The number of hydrogen-bond acceptors (Lipinski definition) is 3. The number of amides is 1. The molecule has 5 heteroatoms. The summed E-state index contributed by atoms with van der Waals surface area (Å²) in [6.45, 7) is 7.60. The highest BCUT2D eigenvalue weighted by Gasteiger charge is 2.14. The molecule has 1 N–H and O–H groups in total. The minimum atomic E-state index is -0.489. The molecule has 5 nitrogen and oxygen atoms in total. The molecule has 0 radical (unpaired) electrons. The fourth-order valence-electron chi connectivity index (χ4n) is 1.29. The van der Waals surface area contributed by atoms with Gasteiger partial charge in [0.1, 0.15) is 5.60 Å². The summed E-state index contributed by atoms with van der Waals surface area (Å²) >= 11 is 0. The molecule has 0 aliphatic heterocycles. The highest BCUT2D eigenvalue weighted by molar-refractivity contribution is 5.68. The van der Waals surface area contributed by atoms with Gasteiger partial charge in [-0.05, 0) is 27.7 Å². The van der Waals surface area contributed by atoms with Crippen LogP contribution >= 0.6 is 0 Å². The molecule has 0 bridgehead atoms. The van der Waals surface area contributed by atoms with Crippen molar-refractivity contribution >= 4 is 6.09 Å². The Bertz CT molecular complexity index is 487. The number of carbonyl (C=O) groups excluding carboxylic acids is 1. The number of ether oxygens (including phenoxy) is 1. The Kier molecular flexibility index (Phi) is 4.38. The average molecular weight is 249 g/mol. The molecule has 1 amide bonds. The molecule has 1 heterocycles. The van der Waals surface area contributed by atoms with Gasteiger partial charge in [-0.3, -0.25) is 4.68 Å². The maximum absolute atomic E-state index is 11.3. The first kappa shape index (κ1) is 14.1. The minimum Gasteiger partial charge on any atom is -0.444 e. The number of carbonyl (C=O) groups is 1. The fourth-order valence-corrected chi connectivity index (χ4v) is 1.29. The van der Waals surface area contributed by atoms with Gasteiger partial charge < -0.3 is 10.1 Å². The maximum Gasteiger partial charge on any atom is 0.408 e. The number of rotatable bonds is 1. The zero-order valence-corrected chi connectivity index (χ0v) is 11.5. The van der Waals surface area contributed by atoms with Crippen molar-refractivity contribution < 1.29 is 9.53 Å². The third-order valence-electron chi connectivity index (χ3n) is 1.96. The van der Waals surface area contributed by atoms with E-state index in [1.54, 1.807) is 4.68 Å². The molecule has 1 aromatic rings. The quantitative estimate of drug-likeness (QED) is 0.769. The van der Waals surface area contributed by atoms with Crippen molar-refractivity contribution in [1.29, 1.82) is 0 Å². The Balaban J connectivity index is 2.43. The monoisotopic (exact) mass is 249 g/mol. The molecule has 0 aliphatic carbocycles. The van der Waals surface area contributed by atoms with Gasteiger partial charge in [-0.2, -0.15) is 5.10 Å². The zero-order chi connectivity index (χ0) is 13.8. The van der Waals surface area contributed by atoms with Crippen LogP contribution < -0.4 is 5.32 Å². The summed E-state index contributed by atoms with van der Waals surface area (Å²) in [5.41, 5.74) is 1.25. The van der Waals surface area contributed by atoms with E-state index in [2.05, 4.69) is 22.3 Å². The summed E-state index contributed by atoms with van der Waals surface area (Å²) in [6.07, 6.45) is 1.38. The van der Waals surface area contributed by atoms with Gasteiger partial charge in [-0.15, -0.1) is 0 Å². The van der Waals surface area contributed by atoms with Gasteiger partial charge in [0, 0.05) is 13.2 Å². The van der Waals surface area contributed by atoms with E-state index >= 15 is 0 Å². The van der Waals surface area contributed by atoms with Crippen LogP contribution in [-0.4, -0.2) is 28.0 Å². The molecular weight excluding hydrogens is 230 g/mol. The molecule has 0 unspecified atom stereocenters. The summed E-state index contributed by atoms with van der Waals surface area (Å²) in [5.74, 6) is 5.81. The van der Waals surface area contributed by atoms with Crippen LogP contribution in [-0.2, 0) is 11.8 Å². The lowest BCUT2D eigenvalue weighted by Crippen LogP contribution is -2.32. The Morgan fingerprint density at radius 3 is 2.72 bits per heavy atom. The van der Waals surface area contributed by atoms with Crippen molar-refractivity contribution in [3.8, 4) is 11.8 Å². The first-order valence-corrected chi connectivity index (χ1v) is 5.74. The lowest BCUT2D eigenvalue weighted by molar-refractivity contribution is 0.0535. The van der Waals surface area contributed by atoms with Crippen LogP contribution in [0.5, 0.6) is 0 Å². The third kappa shape index (κ3) is 4.91. The molecular formula is C13H19N3O2. The van der Waals surface area contributed by atoms with E-state index in [0.717, 1.165) is 11.3 Å². The highest BCUT2D eigenvalue weighted by atomic mass is 16.6. The van der Waals surface area contributed by atoms with Crippen LogP contribution in [0.3, 0.4) is 0 Å². The Labute approximate surface area is 108 Å². The Morgan fingerprint density at radius 2 is 2.22 bits per heavy atom. The molecule has 1 aromatic heterocycles. The lowest BCUT2D eigenvalue weighted by Gasteiger charge is -2.18. The summed E-state index contributed by atoms with van der Waals surface area (Å²) < 4.78 is 6.79. The highest BCUT2D eigenvalue weighted by Crippen LogP contribution is 2.06. The van der Waals surface area contributed by atoms with Crippen LogP contribution in [0.25, 0.3) is 0 Å². The Hall–Kier alpha value is -1.96. The molecule has 0 aromatic carbocycles. The SMILES string of the molecule is Cc1nn(C)cc1C#CCNC(=O)OC(C)(C)C. The van der Waals surface area contributed by atoms with E-state index in [4.69, 9.17) is 4.74 Å². The van der Waals surface area contributed by atoms with Crippen molar-refractivity contribution in [1.82, 2.24) is 15.1 Å². The average Bonchev–Trinajstić information content (AvgIpc) is 2.49. The van der Waals surface area contributed by atoms with Gasteiger partial charge in [0.15, 0.2) is 0 Å². The molecule has 0 fully saturated rings. The smallest absolute Gasteiger partial charge is 0.408 e. The van der Waals surface area contributed by atoms with Crippen LogP contribution in [0.15, 0.2) is 6.20 Å². The van der Waals surface area contributed by atoms with Crippen LogP contribution in [0, 0.1) is 18.8 Å². The molecule has 0 aliphatic rings. The van der Waals surface area contributed by atoms with E-state index in [0.29, 0.717) is 0 Å². The third-order valence-corrected chi connectivity index (χ3v) is 1.96. The lowest BCUT2D eigenvalue weighted by atomic mass is 10.2. The van der Waals surface area contributed by atoms with E-state index in [1.165, 1.54) is 0 Å². The number of nitrogens with one attached hydrogen (secondary N) is 1. The Morgan fingerprint density at radius 1 is 1.56 bits per heavy atom. The number of alkyl carbamates (subject to hydrolysis) is 1. The normalized spacial score (nSPS) is 10.5. The van der Waals surface area contributed by atoms with Crippen molar-refractivity contribution in [2.24, 2.45) is 7.05 Å². The van der Waals surface area contributed by atoms with Crippen LogP contribution in [0.1, 0.15) is 32.0 Å². The molecule has 0 atom stereocenters. The first-order chi connectivity index (χ1) is 8.28. The second-order valence-electron chi connectivity index (χ2n) is 4.96. The van der Waals surface area contributed by atoms with Gasteiger partial charge in [0.2, 0.25) is 0 Å². The number of aromatic nitrogens is 2. The molecule has 0 saturated carbocycles. The van der Waals surface area contributed by atoms with Gasteiger partial charge >= 0.3 is 6.09 Å². The topological polar surface area (TPSA) is 56.2 Å². The van der Waals surface area contributed by atoms with Crippen molar-refractivity contribution in [3.05, 3.63) is 17.5 Å². The maximum atomic E-state index is 11.3. The largest absolute Gasteiger partial charge is 0.444 e. The van der Waals surface area contributed by atoms with Crippen LogP contribution in [0.2, 0.25) is 0 Å². The molecule has 0 spiro atoms. The minimum absolute atomic E-state index is 0.253. The van der Waals surface area contributed by atoms with E-state index in [1.807, 2.05) is 40.9 Å². The van der Waals surface area contributed by atoms with E-state index in [-0.39, 0.29) is 6.54 Å². The summed E-state index contributed by atoms with van der Waals surface area (Å²) in [7, 11) is 1.84. The van der Waals surface area contributed by atoms with Gasteiger partial charge in [-0.1, -0.05) is 11.8 Å². The second kappa shape index (κ2) is 5.58. The van der Waals surface area contributed by atoms with Crippen molar-refractivity contribution in [3.63, 3.8) is 0 Å². The second-order valence-corrected chi connectivity index (χ2v) is 4.96. The van der Waals surface area contributed by atoms with Gasteiger partial charge in [-0.25, -0.2) is 4.79 Å². The molecule has 98 valence electrons. The number of hydrogen-bond donors (Lipinski definition) is 1. The van der Waals surface area contributed by atoms with Gasteiger partial charge in [0.05, 0.1) is 17.8 Å². The van der Waals surface area contributed by atoms with Gasteiger partial charge in [0.25, 0.3) is 0 Å². The number of aryl methyl sites for hydroxylation is 2. The molecule has 1 rings (SSSR count). The van der Waals surface area contributed by atoms with E-state index in [9.17, 15) is 4.79 Å². The number of nitrogens with zero attached hydrogens (tertiary/aromatic N) is 2. The summed E-state index contributed by atoms with van der Waals surface area (Å²) in [6, 6.07) is 0. The van der Waals surface area contributed by atoms with Crippen LogP contribution in [0.4, 0.5) is 4.79 Å². The predicted molar refractivity (Wildman–Crippen MR) is 69.1 cm³/mol. The van der Waals surface area contributed by atoms with Crippen molar-refractivity contribution in [2.75, 3.05) is 6.54 Å². The fraction of sp³-hybridized carbons (Fsp3) is 0.538. The molecule has 0 saturated heterocycles. The first-order valence-electron chi connectivity index (χ1n) is 5.74. The standard InChI is InChI=1S/C13H19N3O2/c1-10-11(9-16(5)15-10)7-6-8-14-12(17)18-13(2,3)4/h9H,8H2,1-5H3,(H,14,17). The summed E-state index contributed by atoms with van der Waals surface area (Å²) in [4.78, 5) is 11.3. The molecule has 18 heavy (non-hydrogen) atoms. The van der Waals surface area contributed by atoms with E-state index < -0.39 is 11.7 Å².